The first-order valence-electron chi connectivity index (χ1n) is 11.2. The van der Waals surface area contributed by atoms with Gasteiger partial charge in [-0.25, -0.2) is 4.98 Å². The van der Waals surface area contributed by atoms with E-state index in [1.807, 2.05) is 48.5 Å². The minimum atomic E-state index is -0.189. The van der Waals surface area contributed by atoms with Crippen molar-refractivity contribution in [1.82, 2.24) is 19.9 Å². The fourth-order valence-electron chi connectivity index (χ4n) is 3.70. The first kappa shape index (κ1) is 23.8. The van der Waals surface area contributed by atoms with E-state index < -0.39 is 0 Å². The lowest BCUT2D eigenvalue weighted by Gasteiger charge is -2.12. The van der Waals surface area contributed by atoms with Crippen LogP contribution in [0, 0.1) is 0 Å². The SMILES string of the molecule is O=C(/C=C/c1ccco1)NCc1cccc(CNc2cc(-c3ccccc3Cl)nc3c(Br)cnn23)c1. The van der Waals surface area contributed by atoms with Crippen LogP contribution in [0.25, 0.3) is 23.0 Å². The summed E-state index contributed by atoms with van der Waals surface area (Å²) in [6.07, 6.45) is 6.37. The molecular formula is C27H21BrClN5O2. The Morgan fingerprint density at radius 3 is 2.69 bits per heavy atom. The molecule has 0 saturated carbocycles. The van der Waals surface area contributed by atoms with Crippen molar-refractivity contribution in [3.05, 3.63) is 112 Å². The number of benzene rings is 2. The number of anilines is 1. The highest BCUT2D eigenvalue weighted by Gasteiger charge is 2.13. The third kappa shape index (κ3) is 5.50. The van der Waals surface area contributed by atoms with E-state index in [4.69, 9.17) is 21.0 Å². The number of amides is 1. The highest BCUT2D eigenvalue weighted by atomic mass is 79.9. The normalized spacial score (nSPS) is 11.3. The minimum Gasteiger partial charge on any atom is -0.465 e. The van der Waals surface area contributed by atoms with Gasteiger partial charge in [0.05, 0.1) is 22.6 Å². The van der Waals surface area contributed by atoms with Crippen molar-refractivity contribution < 1.29 is 9.21 Å². The molecule has 36 heavy (non-hydrogen) atoms. The summed E-state index contributed by atoms with van der Waals surface area (Å²) in [5.41, 5.74) is 4.33. The van der Waals surface area contributed by atoms with E-state index in [9.17, 15) is 4.79 Å². The van der Waals surface area contributed by atoms with E-state index in [0.29, 0.717) is 29.5 Å². The molecule has 0 fully saturated rings. The van der Waals surface area contributed by atoms with Crippen LogP contribution in [0.2, 0.25) is 5.02 Å². The summed E-state index contributed by atoms with van der Waals surface area (Å²) in [7, 11) is 0. The van der Waals surface area contributed by atoms with Gasteiger partial charge in [-0.1, -0.05) is 54.1 Å². The molecule has 1 amide bonds. The molecule has 2 aromatic carbocycles. The molecule has 180 valence electrons. The second-order valence-electron chi connectivity index (χ2n) is 7.97. The van der Waals surface area contributed by atoms with Gasteiger partial charge in [-0.2, -0.15) is 9.61 Å². The van der Waals surface area contributed by atoms with Crippen molar-refractivity contribution in [2.75, 3.05) is 5.32 Å². The molecule has 2 N–H and O–H groups in total. The lowest BCUT2D eigenvalue weighted by atomic mass is 10.1. The molecule has 0 atom stereocenters. The predicted octanol–water partition coefficient (Wildman–Crippen LogP) is 6.35. The molecule has 5 aromatic rings. The van der Waals surface area contributed by atoms with E-state index in [-0.39, 0.29) is 5.91 Å². The quantitative estimate of drug-likeness (QED) is 0.215. The van der Waals surface area contributed by atoms with Crippen molar-refractivity contribution in [2.45, 2.75) is 13.1 Å². The Bertz CT molecular complexity index is 1550. The molecule has 0 bridgehead atoms. The average Bonchev–Trinajstić information content (AvgIpc) is 3.55. The van der Waals surface area contributed by atoms with E-state index in [0.717, 1.165) is 32.7 Å². The van der Waals surface area contributed by atoms with Crippen LogP contribution in [0.5, 0.6) is 0 Å². The van der Waals surface area contributed by atoms with Crippen molar-refractivity contribution in [3.8, 4) is 11.3 Å². The lowest BCUT2D eigenvalue weighted by Crippen LogP contribution is -2.20. The van der Waals surface area contributed by atoms with Crippen LogP contribution < -0.4 is 10.6 Å². The van der Waals surface area contributed by atoms with Crippen LogP contribution in [0.4, 0.5) is 5.82 Å². The van der Waals surface area contributed by atoms with Crippen molar-refractivity contribution >= 4 is 51.0 Å². The summed E-state index contributed by atoms with van der Waals surface area (Å²) < 4.78 is 7.74. The number of aromatic nitrogens is 3. The molecule has 0 saturated heterocycles. The van der Waals surface area contributed by atoms with E-state index >= 15 is 0 Å². The number of carbonyl (C=O) groups excluding carboxylic acids is 1. The molecule has 7 nitrogen and oxygen atoms in total. The summed E-state index contributed by atoms with van der Waals surface area (Å²) >= 11 is 9.96. The van der Waals surface area contributed by atoms with Crippen molar-refractivity contribution in [3.63, 3.8) is 0 Å². The average molecular weight is 563 g/mol. The maximum Gasteiger partial charge on any atom is 0.244 e. The number of halogens is 2. The third-order valence-corrected chi connectivity index (χ3v) is 6.34. The maximum atomic E-state index is 12.1. The monoisotopic (exact) mass is 561 g/mol. The van der Waals surface area contributed by atoms with Gasteiger partial charge in [-0.05, 0) is 51.3 Å². The van der Waals surface area contributed by atoms with E-state index in [1.165, 1.54) is 6.08 Å². The fraction of sp³-hybridized carbons (Fsp3) is 0.0741. The van der Waals surface area contributed by atoms with Crippen LogP contribution >= 0.6 is 27.5 Å². The number of nitrogens with one attached hydrogen (secondary N) is 2. The Morgan fingerprint density at radius 2 is 1.89 bits per heavy atom. The number of nitrogens with zero attached hydrogens (tertiary/aromatic N) is 3. The Labute approximate surface area is 220 Å². The van der Waals surface area contributed by atoms with E-state index in [1.54, 1.807) is 35.2 Å². The molecule has 0 aliphatic heterocycles. The molecule has 0 unspecified atom stereocenters. The summed E-state index contributed by atoms with van der Waals surface area (Å²) in [5.74, 6) is 1.22. The van der Waals surface area contributed by atoms with Gasteiger partial charge in [-0.3, -0.25) is 4.79 Å². The van der Waals surface area contributed by atoms with Gasteiger partial charge in [0, 0.05) is 35.8 Å². The summed E-state index contributed by atoms with van der Waals surface area (Å²) in [5, 5.41) is 11.4. The number of furan rings is 1. The largest absolute Gasteiger partial charge is 0.465 e. The first-order valence-corrected chi connectivity index (χ1v) is 12.3. The van der Waals surface area contributed by atoms with Gasteiger partial charge in [-0.15, -0.1) is 0 Å². The second kappa shape index (κ2) is 10.8. The van der Waals surface area contributed by atoms with E-state index in [2.05, 4.69) is 37.7 Å². The van der Waals surface area contributed by atoms with Gasteiger partial charge in [0.1, 0.15) is 11.6 Å². The Hall–Kier alpha value is -3.88. The molecule has 3 aromatic heterocycles. The number of hydrogen-bond donors (Lipinski definition) is 2. The molecule has 9 heteroatoms. The fourth-order valence-corrected chi connectivity index (χ4v) is 4.28. The number of fused-ring (bicyclic) bond motifs is 1. The zero-order chi connectivity index (χ0) is 24.9. The van der Waals surface area contributed by atoms with Gasteiger partial charge in [0.15, 0.2) is 5.65 Å². The molecule has 0 spiro atoms. The molecular weight excluding hydrogens is 542 g/mol. The Balaban J connectivity index is 1.30. The number of rotatable bonds is 8. The predicted molar refractivity (Wildman–Crippen MR) is 144 cm³/mol. The van der Waals surface area contributed by atoms with Gasteiger partial charge >= 0.3 is 0 Å². The van der Waals surface area contributed by atoms with Crippen molar-refractivity contribution in [2.24, 2.45) is 0 Å². The summed E-state index contributed by atoms with van der Waals surface area (Å²) in [6.45, 7) is 0.968. The zero-order valence-electron chi connectivity index (χ0n) is 19.0. The smallest absolute Gasteiger partial charge is 0.244 e. The minimum absolute atomic E-state index is 0.189. The molecule has 3 heterocycles. The molecule has 0 aliphatic carbocycles. The summed E-state index contributed by atoms with van der Waals surface area (Å²) in [4.78, 5) is 16.9. The second-order valence-corrected chi connectivity index (χ2v) is 9.24. The van der Waals surface area contributed by atoms with Gasteiger partial charge < -0.3 is 15.1 Å². The maximum absolute atomic E-state index is 12.1. The molecule has 5 rings (SSSR count). The van der Waals surface area contributed by atoms with Gasteiger partial charge in [0.2, 0.25) is 5.91 Å². The van der Waals surface area contributed by atoms with Crippen LogP contribution in [0.1, 0.15) is 16.9 Å². The zero-order valence-corrected chi connectivity index (χ0v) is 21.3. The third-order valence-electron chi connectivity index (χ3n) is 5.45. The van der Waals surface area contributed by atoms with Crippen LogP contribution in [0.3, 0.4) is 0 Å². The topological polar surface area (TPSA) is 84.5 Å². The summed E-state index contributed by atoms with van der Waals surface area (Å²) in [6, 6.07) is 21.1. The van der Waals surface area contributed by atoms with Crippen LogP contribution in [0.15, 0.2) is 94.2 Å². The van der Waals surface area contributed by atoms with Gasteiger partial charge in [0.25, 0.3) is 0 Å². The Morgan fingerprint density at radius 1 is 1.06 bits per heavy atom. The van der Waals surface area contributed by atoms with Crippen LogP contribution in [-0.2, 0) is 17.9 Å². The Kier molecular flexibility index (Phi) is 7.16. The lowest BCUT2D eigenvalue weighted by molar-refractivity contribution is -0.116. The first-order chi connectivity index (χ1) is 17.6. The molecule has 0 radical (unpaired) electrons. The number of carbonyl (C=O) groups is 1. The highest BCUT2D eigenvalue weighted by molar-refractivity contribution is 9.10. The standard InChI is InChI=1S/C27H21BrClN5O2/c28-22-17-32-34-25(14-24(33-27(22)34)21-8-1-2-9-23(21)29)30-15-18-5-3-6-19(13-18)16-31-26(35)11-10-20-7-4-12-36-20/h1-14,17,30H,15-16H2,(H,31,35)/b11-10+. The van der Waals surface area contributed by atoms with Crippen LogP contribution in [-0.4, -0.2) is 20.5 Å². The highest BCUT2D eigenvalue weighted by Crippen LogP contribution is 2.30. The molecule has 0 aliphatic rings. The number of hydrogen-bond acceptors (Lipinski definition) is 5. The van der Waals surface area contributed by atoms with Crippen molar-refractivity contribution in [1.29, 1.82) is 0 Å².